The molecule has 0 saturated heterocycles. The van der Waals surface area contributed by atoms with Crippen molar-refractivity contribution in [2.75, 3.05) is 7.05 Å². The molecule has 0 spiro atoms. The molecule has 1 atom stereocenters. The van der Waals surface area contributed by atoms with Gasteiger partial charge in [0.05, 0.1) is 3.79 Å². The van der Waals surface area contributed by atoms with Crippen molar-refractivity contribution in [2.45, 2.75) is 12.5 Å². The second-order valence-electron chi connectivity index (χ2n) is 3.98. The van der Waals surface area contributed by atoms with Gasteiger partial charge in [-0.1, -0.05) is 6.07 Å². The van der Waals surface area contributed by atoms with E-state index in [1.54, 1.807) is 17.4 Å². The quantitative estimate of drug-likeness (QED) is 0.881. The van der Waals surface area contributed by atoms with E-state index in [1.807, 2.05) is 18.5 Å². The van der Waals surface area contributed by atoms with E-state index < -0.39 is 11.6 Å². The average molecular weight is 332 g/mol. The van der Waals surface area contributed by atoms with Gasteiger partial charge in [0.1, 0.15) is 0 Å². The van der Waals surface area contributed by atoms with Crippen LogP contribution in [0.1, 0.15) is 17.2 Å². The van der Waals surface area contributed by atoms with E-state index in [0.29, 0.717) is 6.42 Å². The van der Waals surface area contributed by atoms with Crippen molar-refractivity contribution < 1.29 is 8.78 Å². The molecule has 1 N–H and O–H groups in total. The molecule has 0 aliphatic carbocycles. The molecule has 0 bridgehead atoms. The maximum atomic E-state index is 13.1. The van der Waals surface area contributed by atoms with Crippen LogP contribution in [0.2, 0.25) is 0 Å². The average Bonchev–Trinajstić information content (AvgIpc) is 2.77. The van der Waals surface area contributed by atoms with E-state index in [0.717, 1.165) is 14.9 Å². The molecule has 1 aromatic heterocycles. The summed E-state index contributed by atoms with van der Waals surface area (Å²) in [5.41, 5.74) is 1.91. The highest BCUT2D eigenvalue weighted by Gasteiger charge is 2.13. The second-order valence-corrected chi connectivity index (χ2v) is 6.27. The Morgan fingerprint density at radius 2 is 2.06 bits per heavy atom. The smallest absolute Gasteiger partial charge is 0.159 e. The summed E-state index contributed by atoms with van der Waals surface area (Å²) in [5.74, 6) is -1.60. The summed E-state index contributed by atoms with van der Waals surface area (Å²) in [6.07, 6.45) is 0.622. The summed E-state index contributed by atoms with van der Waals surface area (Å²) < 4.78 is 27.0. The molecule has 1 aromatic carbocycles. The predicted octanol–water partition coefficient (Wildman–Crippen LogP) is 4.29. The summed E-state index contributed by atoms with van der Waals surface area (Å²) in [6, 6.07) is 6.16. The number of thiophene rings is 1. The molecular weight excluding hydrogens is 320 g/mol. The lowest BCUT2D eigenvalue weighted by Crippen LogP contribution is -2.18. The maximum Gasteiger partial charge on any atom is 0.159 e. The van der Waals surface area contributed by atoms with Crippen LogP contribution in [0.25, 0.3) is 0 Å². The summed E-state index contributed by atoms with van der Waals surface area (Å²) >= 11 is 5.02. The van der Waals surface area contributed by atoms with E-state index >= 15 is 0 Å². The van der Waals surface area contributed by atoms with E-state index in [2.05, 4.69) is 21.2 Å². The summed E-state index contributed by atoms with van der Waals surface area (Å²) in [7, 11) is 1.86. The zero-order chi connectivity index (χ0) is 13.1. The number of hydrogen-bond acceptors (Lipinski definition) is 2. The molecule has 1 nitrogen and oxygen atoms in total. The van der Waals surface area contributed by atoms with Crippen molar-refractivity contribution in [1.82, 2.24) is 5.32 Å². The molecule has 18 heavy (non-hydrogen) atoms. The van der Waals surface area contributed by atoms with Gasteiger partial charge in [-0.25, -0.2) is 8.78 Å². The number of likely N-dealkylation sites (N-methyl/N-ethyl adjacent to an activating group) is 1. The van der Waals surface area contributed by atoms with Crippen molar-refractivity contribution in [3.05, 3.63) is 56.2 Å². The van der Waals surface area contributed by atoms with Crippen LogP contribution in [0.5, 0.6) is 0 Å². The molecule has 0 saturated carbocycles. The van der Waals surface area contributed by atoms with Gasteiger partial charge in [0.25, 0.3) is 0 Å². The van der Waals surface area contributed by atoms with E-state index in [-0.39, 0.29) is 6.04 Å². The Balaban J connectivity index is 2.17. The molecule has 2 rings (SSSR count). The number of hydrogen-bond donors (Lipinski definition) is 1. The Hall–Kier alpha value is -0.780. The van der Waals surface area contributed by atoms with Gasteiger partial charge >= 0.3 is 0 Å². The Bertz CT molecular complexity index is 542. The lowest BCUT2D eigenvalue weighted by molar-refractivity contribution is 0.504. The van der Waals surface area contributed by atoms with E-state index in [4.69, 9.17) is 0 Å². The first-order valence-electron chi connectivity index (χ1n) is 5.45. The van der Waals surface area contributed by atoms with Crippen molar-refractivity contribution in [3.8, 4) is 0 Å². The van der Waals surface area contributed by atoms with Crippen LogP contribution >= 0.6 is 27.3 Å². The number of rotatable bonds is 4. The molecule has 96 valence electrons. The van der Waals surface area contributed by atoms with E-state index in [1.165, 1.54) is 12.1 Å². The van der Waals surface area contributed by atoms with Crippen LogP contribution in [0.15, 0.2) is 33.4 Å². The van der Waals surface area contributed by atoms with Gasteiger partial charge in [-0.2, -0.15) is 0 Å². The molecule has 0 aliphatic rings. The van der Waals surface area contributed by atoms with Crippen molar-refractivity contribution in [2.24, 2.45) is 0 Å². The van der Waals surface area contributed by atoms with Crippen LogP contribution in [0.4, 0.5) is 8.78 Å². The van der Waals surface area contributed by atoms with Gasteiger partial charge in [-0.05, 0) is 64.1 Å². The Morgan fingerprint density at radius 1 is 1.28 bits per heavy atom. The first kappa shape index (κ1) is 13.6. The fourth-order valence-corrected chi connectivity index (χ4v) is 3.02. The molecular formula is C13H12BrF2NS. The fraction of sp³-hybridized carbons (Fsp3) is 0.231. The molecule has 1 unspecified atom stereocenters. The van der Waals surface area contributed by atoms with Crippen molar-refractivity contribution >= 4 is 27.3 Å². The first-order valence-corrected chi connectivity index (χ1v) is 7.12. The Kier molecular flexibility index (Phi) is 4.48. The molecule has 0 fully saturated rings. The molecule has 1 heterocycles. The molecule has 0 radical (unpaired) electrons. The minimum Gasteiger partial charge on any atom is -0.313 e. The number of halogens is 3. The SMILES string of the molecule is CNC(Cc1ccc(F)c(F)c1)c1csc(Br)c1. The standard InChI is InChI=1S/C13H12BrF2NS/c1-17-12(9-6-13(14)18-7-9)5-8-2-3-10(15)11(16)4-8/h2-4,6-7,12,17H,5H2,1H3. The van der Waals surface area contributed by atoms with E-state index in [9.17, 15) is 8.78 Å². The third-order valence-electron chi connectivity index (χ3n) is 2.76. The number of nitrogens with one attached hydrogen (secondary N) is 1. The minimum atomic E-state index is -0.807. The second kappa shape index (κ2) is 5.91. The topological polar surface area (TPSA) is 12.0 Å². The van der Waals surface area contributed by atoms with Crippen molar-refractivity contribution in [1.29, 1.82) is 0 Å². The normalized spacial score (nSPS) is 12.7. The highest BCUT2D eigenvalue weighted by molar-refractivity contribution is 9.11. The minimum absolute atomic E-state index is 0.0948. The molecule has 5 heteroatoms. The van der Waals surface area contributed by atoms with Gasteiger partial charge in [-0.15, -0.1) is 11.3 Å². The van der Waals surface area contributed by atoms with Crippen LogP contribution in [-0.2, 0) is 6.42 Å². The van der Waals surface area contributed by atoms with Gasteiger partial charge in [0.2, 0.25) is 0 Å². The van der Waals surface area contributed by atoms with Crippen LogP contribution in [0.3, 0.4) is 0 Å². The maximum absolute atomic E-state index is 13.1. The fourth-order valence-electron chi connectivity index (χ4n) is 1.80. The molecule has 2 aromatic rings. The van der Waals surface area contributed by atoms with Gasteiger partial charge in [0, 0.05) is 6.04 Å². The summed E-state index contributed by atoms with van der Waals surface area (Å²) in [6.45, 7) is 0. The Morgan fingerprint density at radius 3 is 2.61 bits per heavy atom. The van der Waals surface area contributed by atoms with Gasteiger partial charge < -0.3 is 5.32 Å². The Labute approximate surface area is 117 Å². The number of benzene rings is 1. The molecule has 0 aliphatic heterocycles. The zero-order valence-electron chi connectivity index (χ0n) is 9.71. The van der Waals surface area contributed by atoms with Crippen molar-refractivity contribution in [3.63, 3.8) is 0 Å². The largest absolute Gasteiger partial charge is 0.313 e. The van der Waals surface area contributed by atoms with Gasteiger partial charge in [0.15, 0.2) is 11.6 Å². The third kappa shape index (κ3) is 3.16. The third-order valence-corrected chi connectivity index (χ3v) is 4.29. The highest BCUT2D eigenvalue weighted by Crippen LogP contribution is 2.27. The summed E-state index contributed by atoms with van der Waals surface area (Å²) in [4.78, 5) is 0. The summed E-state index contributed by atoms with van der Waals surface area (Å²) in [5, 5.41) is 5.23. The van der Waals surface area contributed by atoms with Crippen LogP contribution in [0, 0.1) is 11.6 Å². The lowest BCUT2D eigenvalue weighted by Gasteiger charge is -2.15. The van der Waals surface area contributed by atoms with Gasteiger partial charge in [-0.3, -0.25) is 0 Å². The van der Waals surface area contributed by atoms with Crippen LogP contribution < -0.4 is 5.32 Å². The highest BCUT2D eigenvalue weighted by atomic mass is 79.9. The van der Waals surface area contributed by atoms with Crippen LogP contribution in [-0.4, -0.2) is 7.05 Å². The zero-order valence-corrected chi connectivity index (χ0v) is 12.1. The lowest BCUT2D eigenvalue weighted by atomic mass is 10.0. The molecule has 0 amide bonds. The predicted molar refractivity (Wildman–Crippen MR) is 73.9 cm³/mol. The first-order chi connectivity index (χ1) is 8.60. The monoisotopic (exact) mass is 331 g/mol.